The number of anilines is 2. The molecule has 1 aliphatic heterocycles. The third kappa shape index (κ3) is 3.45. The molecule has 1 aliphatic carbocycles. The monoisotopic (exact) mass is 428 g/mol. The second-order valence-electron chi connectivity index (χ2n) is 8.06. The van der Waals surface area contributed by atoms with Crippen molar-refractivity contribution in [2.24, 2.45) is 0 Å². The van der Waals surface area contributed by atoms with Gasteiger partial charge in [0.05, 0.1) is 24.9 Å². The smallest absolute Gasteiger partial charge is 0.254 e. The highest BCUT2D eigenvalue weighted by Gasteiger charge is 2.25. The van der Waals surface area contributed by atoms with Crippen LogP contribution < -0.4 is 16.0 Å². The van der Waals surface area contributed by atoms with Gasteiger partial charge in [0.2, 0.25) is 5.91 Å². The summed E-state index contributed by atoms with van der Waals surface area (Å²) in [6, 6.07) is 8.23. The van der Waals surface area contributed by atoms with Gasteiger partial charge in [-0.1, -0.05) is 6.07 Å². The van der Waals surface area contributed by atoms with E-state index < -0.39 is 0 Å². The van der Waals surface area contributed by atoms with Gasteiger partial charge >= 0.3 is 0 Å². The number of carbonyl (C=O) groups excluding carboxylic acids is 2. The fraction of sp³-hybridized carbons (Fsp3) is 0.227. The Bertz CT molecular complexity index is 1380. The molecule has 0 unspecified atom stereocenters. The van der Waals surface area contributed by atoms with E-state index >= 15 is 0 Å². The molecule has 6 rings (SSSR count). The molecular formula is C22H20N8O2. The summed E-state index contributed by atoms with van der Waals surface area (Å²) in [5, 5.41) is 13.6. The summed E-state index contributed by atoms with van der Waals surface area (Å²) in [7, 11) is 0. The van der Waals surface area contributed by atoms with E-state index in [0.717, 1.165) is 30.0 Å². The number of nitrogens with one attached hydrogen (secondary N) is 3. The molecule has 4 aromatic heterocycles. The van der Waals surface area contributed by atoms with Gasteiger partial charge in [-0.05, 0) is 31.1 Å². The zero-order valence-corrected chi connectivity index (χ0v) is 17.1. The Morgan fingerprint density at radius 1 is 1.22 bits per heavy atom. The fourth-order valence-electron chi connectivity index (χ4n) is 3.77. The molecule has 5 heterocycles. The van der Waals surface area contributed by atoms with Gasteiger partial charge in [-0.3, -0.25) is 14.9 Å². The van der Waals surface area contributed by atoms with Gasteiger partial charge < -0.3 is 15.0 Å². The van der Waals surface area contributed by atoms with E-state index in [1.165, 1.54) is 0 Å². The zero-order valence-electron chi connectivity index (χ0n) is 17.1. The maximum Gasteiger partial charge on any atom is 0.254 e. The Morgan fingerprint density at radius 3 is 2.91 bits per heavy atom. The topological polar surface area (TPSA) is 118 Å². The number of amides is 2. The first-order chi connectivity index (χ1) is 15.6. The SMILES string of the molecule is O=C1C/C(=C\c2cnn3c(NC4CC4)cc(NCc4cn5ccccc5n4)nc23)C(=O)N1. The Hall–Kier alpha value is -4.21. The van der Waals surface area contributed by atoms with Crippen LogP contribution in [0.3, 0.4) is 0 Å². The lowest BCUT2D eigenvalue weighted by atomic mass is 10.1. The molecule has 32 heavy (non-hydrogen) atoms. The number of hydrogen-bond acceptors (Lipinski definition) is 7. The van der Waals surface area contributed by atoms with Crippen LogP contribution in [-0.2, 0) is 16.1 Å². The fourth-order valence-corrected chi connectivity index (χ4v) is 3.77. The Kier molecular flexibility index (Phi) is 4.17. The lowest BCUT2D eigenvalue weighted by Gasteiger charge is -2.11. The zero-order chi connectivity index (χ0) is 21.7. The number of aromatic nitrogens is 5. The third-order valence-corrected chi connectivity index (χ3v) is 5.52. The van der Waals surface area contributed by atoms with Crippen molar-refractivity contribution in [3.8, 4) is 0 Å². The van der Waals surface area contributed by atoms with E-state index in [0.29, 0.717) is 35.2 Å². The van der Waals surface area contributed by atoms with Crippen molar-refractivity contribution < 1.29 is 9.59 Å². The summed E-state index contributed by atoms with van der Waals surface area (Å²) in [5.41, 5.74) is 3.48. The minimum atomic E-state index is -0.369. The first-order valence-corrected chi connectivity index (χ1v) is 10.5. The summed E-state index contributed by atoms with van der Waals surface area (Å²) in [6.45, 7) is 0.509. The van der Waals surface area contributed by atoms with Crippen molar-refractivity contribution in [3.05, 3.63) is 59.7 Å². The normalized spacial score (nSPS) is 17.4. The lowest BCUT2D eigenvalue weighted by Crippen LogP contribution is -2.19. The van der Waals surface area contributed by atoms with Crippen molar-refractivity contribution in [2.45, 2.75) is 31.8 Å². The molecule has 0 radical (unpaired) electrons. The molecule has 3 N–H and O–H groups in total. The van der Waals surface area contributed by atoms with Gasteiger partial charge in [0, 0.05) is 35.6 Å². The van der Waals surface area contributed by atoms with Crippen LogP contribution >= 0.6 is 0 Å². The Balaban J connectivity index is 1.34. The molecule has 2 amide bonds. The summed E-state index contributed by atoms with van der Waals surface area (Å²) >= 11 is 0. The van der Waals surface area contributed by atoms with Gasteiger partial charge in [0.15, 0.2) is 5.65 Å². The highest BCUT2D eigenvalue weighted by molar-refractivity contribution is 6.15. The molecule has 10 nitrogen and oxygen atoms in total. The summed E-state index contributed by atoms with van der Waals surface area (Å²) in [4.78, 5) is 32.9. The van der Waals surface area contributed by atoms with Crippen molar-refractivity contribution >= 4 is 40.8 Å². The molecule has 0 atom stereocenters. The first kappa shape index (κ1) is 18.6. The van der Waals surface area contributed by atoms with Crippen LogP contribution in [0.25, 0.3) is 17.4 Å². The first-order valence-electron chi connectivity index (χ1n) is 10.5. The highest BCUT2D eigenvalue weighted by Crippen LogP contribution is 2.28. The van der Waals surface area contributed by atoms with Crippen LogP contribution in [0.4, 0.5) is 11.6 Å². The van der Waals surface area contributed by atoms with E-state index in [9.17, 15) is 9.59 Å². The number of carbonyl (C=O) groups is 2. The molecule has 1 saturated carbocycles. The Labute approximate surface area is 182 Å². The minimum Gasteiger partial charge on any atom is -0.367 e. The summed E-state index contributed by atoms with van der Waals surface area (Å²) in [5.74, 6) is 0.833. The standard InChI is InChI=1S/C22H20N8O2/c31-20-8-13(22(32)28-20)7-14-10-24-30-19(25-15-4-5-15)9-17(27-21(14)30)23-11-16-12-29-6-2-1-3-18(29)26-16/h1-3,6-7,9-10,12,15,25H,4-5,8,11H2,(H,23,27)(H,28,31,32)/b13-7+. The molecule has 2 aliphatic rings. The van der Waals surface area contributed by atoms with Crippen molar-refractivity contribution in [3.63, 3.8) is 0 Å². The quantitative estimate of drug-likeness (QED) is 0.318. The van der Waals surface area contributed by atoms with Crippen LogP contribution in [-0.4, -0.2) is 41.8 Å². The average Bonchev–Trinajstić information content (AvgIpc) is 3.21. The number of nitrogens with zero attached hydrogens (tertiary/aromatic N) is 5. The van der Waals surface area contributed by atoms with Crippen molar-refractivity contribution in [1.82, 2.24) is 29.3 Å². The molecular weight excluding hydrogens is 408 g/mol. The number of imidazole rings is 1. The van der Waals surface area contributed by atoms with Crippen LogP contribution in [0.15, 0.2) is 48.4 Å². The highest BCUT2D eigenvalue weighted by atomic mass is 16.2. The molecule has 4 aromatic rings. The number of rotatable bonds is 6. The van der Waals surface area contributed by atoms with E-state index in [2.05, 4.69) is 26.0 Å². The summed E-state index contributed by atoms with van der Waals surface area (Å²) in [6.07, 6.45) is 9.59. The van der Waals surface area contributed by atoms with Gasteiger partial charge in [-0.15, -0.1) is 0 Å². The molecule has 0 spiro atoms. The average molecular weight is 428 g/mol. The number of hydrogen-bond donors (Lipinski definition) is 3. The maximum atomic E-state index is 12.0. The van der Waals surface area contributed by atoms with Crippen LogP contribution in [0.5, 0.6) is 0 Å². The maximum absolute atomic E-state index is 12.0. The van der Waals surface area contributed by atoms with Crippen LogP contribution in [0.1, 0.15) is 30.5 Å². The van der Waals surface area contributed by atoms with Crippen LogP contribution in [0, 0.1) is 0 Å². The predicted octanol–water partition coefficient (Wildman–Crippen LogP) is 1.99. The van der Waals surface area contributed by atoms with Gasteiger partial charge in [-0.25, -0.2) is 9.97 Å². The Morgan fingerprint density at radius 2 is 2.12 bits per heavy atom. The second kappa shape index (κ2) is 7.19. The number of pyridine rings is 1. The number of fused-ring (bicyclic) bond motifs is 2. The molecule has 1 saturated heterocycles. The lowest BCUT2D eigenvalue weighted by molar-refractivity contribution is -0.124. The molecule has 0 bridgehead atoms. The van der Waals surface area contributed by atoms with E-state index in [4.69, 9.17) is 4.98 Å². The van der Waals surface area contributed by atoms with Gasteiger partial charge in [-0.2, -0.15) is 9.61 Å². The second-order valence-corrected chi connectivity index (χ2v) is 8.06. The van der Waals surface area contributed by atoms with E-state index in [-0.39, 0.29) is 18.2 Å². The minimum absolute atomic E-state index is 0.0647. The van der Waals surface area contributed by atoms with Crippen LogP contribution in [0.2, 0.25) is 0 Å². The molecule has 160 valence electrons. The molecule has 10 heteroatoms. The molecule has 2 fully saturated rings. The van der Waals surface area contributed by atoms with Crippen molar-refractivity contribution in [1.29, 1.82) is 0 Å². The van der Waals surface area contributed by atoms with Gasteiger partial charge in [0.25, 0.3) is 5.91 Å². The largest absolute Gasteiger partial charge is 0.367 e. The predicted molar refractivity (Wildman–Crippen MR) is 118 cm³/mol. The van der Waals surface area contributed by atoms with E-state index in [1.807, 2.05) is 41.1 Å². The van der Waals surface area contributed by atoms with Gasteiger partial charge in [0.1, 0.15) is 17.3 Å². The summed E-state index contributed by atoms with van der Waals surface area (Å²) < 4.78 is 3.71. The van der Waals surface area contributed by atoms with E-state index in [1.54, 1.807) is 16.8 Å². The van der Waals surface area contributed by atoms with Crippen molar-refractivity contribution in [2.75, 3.05) is 10.6 Å². The number of imide groups is 1. The molecule has 0 aromatic carbocycles. The third-order valence-electron chi connectivity index (χ3n) is 5.52.